The molecule has 5 heteroatoms. The molecule has 0 saturated carbocycles. The Kier molecular flexibility index (Phi) is 3.57. The average Bonchev–Trinajstić information content (AvgIpc) is 2.80. The molecule has 4 N–H and O–H groups in total. The lowest BCUT2D eigenvalue weighted by molar-refractivity contribution is -0.123. The minimum atomic E-state index is -0.465. The zero-order valence-electron chi connectivity index (χ0n) is 11.2. The maximum absolute atomic E-state index is 12.3. The van der Waals surface area contributed by atoms with E-state index in [0.717, 1.165) is 24.2 Å². The molecule has 0 aromatic heterocycles. The van der Waals surface area contributed by atoms with E-state index in [1.807, 2.05) is 13.8 Å². The highest BCUT2D eigenvalue weighted by atomic mass is 16.2. The van der Waals surface area contributed by atoms with Crippen LogP contribution in [0.1, 0.15) is 29.3 Å². The monoisotopic (exact) mass is 261 g/mol. The van der Waals surface area contributed by atoms with Gasteiger partial charge in [-0.3, -0.25) is 9.59 Å². The average molecular weight is 261 g/mol. The Bertz CT molecular complexity index is 519. The van der Waals surface area contributed by atoms with E-state index in [1.54, 1.807) is 18.2 Å². The number of carbonyl (C=O) groups excluding carboxylic acids is 2. The Morgan fingerprint density at radius 2 is 2.16 bits per heavy atom. The summed E-state index contributed by atoms with van der Waals surface area (Å²) in [5, 5.41) is 6.12. The summed E-state index contributed by atoms with van der Waals surface area (Å²) in [5.41, 5.74) is 6.86. The van der Waals surface area contributed by atoms with Crippen molar-refractivity contribution in [1.82, 2.24) is 5.32 Å². The SMILES string of the molecule is Cc1cc(C(N)=O)ccc1NC(=O)C1(C)CCNC1. The van der Waals surface area contributed by atoms with Crippen molar-refractivity contribution in [1.29, 1.82) is 0 Å². The summed E-state index contributed by atoms with van der Waals surface area (Å²) in [7, 11) is 0. The fourth-order valence-electron chi connectivity index (χ4n) is 2.24. The van der Waals surface area contributed by atoms with Crippen molar-refractivity contribution < 1.29 is 9.59 Å². The van der Waals surface area contributed by atoms with E-state index in [2.05, 4.69) is 10.6 Å². The minimum absolute atomic E-state index is 0.00688. The van der Waals surface area contributed by atoms with E-state index < -0.39 is 5.91 Å². The van der Waals surface area contributed by atoms with Crippen molar-refractivity contribution in [3.63, 3.8) is 0 Å². The quantitative estimate of drug-likeness (QED) is 0.760. The number of rotatable bonds is 3. The Morgan fingerprint density at radius 3 is 2.68 bits per heavy atom. The maximum Gasteiger partial charge on any atom is 0.248 e. The molecular weight excluding hydrogens is 242 g/mol. The summed E-state index contributed by atoms with van der Waals surface area (Å²) in [4.78, 5) is 23.3. The number of nitrogens with two attached hydrogens (primary N) is 1. The molecule has 1 aromatic rings. The van der Waals surface area contributed by atoms with E-state index in [-0.39, 0.29) is 11.3 Å². The van der Waals surface area contributed by atoms with Crippen molar-refractivity contribution in [2.24, 2.45) is 11.1 Å². The van der Waals surface area contributed by atoms with E-state index in [0.29, 0.717) is 12.1 Å². The molecule has 1 aliphatic heterocycles. The number of carbonyl (C=O) groups is 2. The summed E-state index contributed by atoms with van der Waals surface area (Å²) in [6.45, 7) is 5.35. The minimum Gasteiger partial charge on any atom is -0.366 e. The predicted molar refractivity (Wildman–Crippen MR) is 73.9 cm³/mol. The molecule has 19 heavy (non-hydrogen) atoms. The molecule has 1 aromatic carbocycles. The van der Waals surface area contributed by atoms with Gasteiger partial charge in [0, 0.05) is 17.8 Å². The van der Waals surface area contributed by atoms with Gasteiger partial charge in [0.05, 0.1) is 5.41 Å². The first-order valence-electron chi connectivity index (χ1n) is 6.35. The molecule has 0 spiro atoms. The van der Waals surface area contributed by atoms with Crippen molar-refractivity contribution in [3.05, 3.63) is 29.3 Å². The third-order valence-electron chi connectivity index (χ3n) is 3.68. The number of hydrogen-bond acceptors (Lipinski definition) is 3. The summed E-state index contributed by atoms with van der Waals surface area (Å²) in [5.74, 6) is -0.458. The van der Waals surface area contributed by atoms with E-state index in [9.17, 15) is 9.59 Å². The number of amides is 2. The van der Waals surface area contributed by atoms with Crippen molar-refractivity contribution in [3.8, 4) is 0 Å². The smallest absolute Gasteiger partial charge is 0.248 e. The number of aryl methyl sites for hydroxylation is 1. The lowest BCUT2D eigenvalue weighted by atomic mass is 9.88. The van der Waals surface area contributed by atoms with E-state index >= 15 is 0 Å². The molecule has 5 nitrogen and oxygen atoms in total. The second-order valence-electron chi connectivity index (χ2n) is 5.34. The van der Waals surface area contributed by atoms with Gasteiger partial charge in [-0.2, -0.15) is 0 Å². The molecule has 102 valence electrons. The van der Waals surface area contributed by atoms with Gasteiger partial charge >= 0.3 is 0 Å². The Balaban J connectivity index is 2.15. The van der Waals surface area contributed by atoms with Gasteiger partial charge in [-0.25, -0.2) is 0 Å². The molecule has 1 saturated heterocycles. The van der Waals surface area contributed by atoms with Gasteiger partial charge in [0.15, 0.2) is 0 Å². The van der Waals surface area contributed by atoms with Crippen LogP contribution in [0.25, 0.3) is 0 Å². The van der Waals surface area contributed by atoms with Gasteiger partial charge in [0.1, 0.15) is 0 Å². The van der Waals surface area contributed by atoms with Crippen LogP contribution in [0.3, 0.4) is 0 Å². The molecule has 0 bridgehead atoms. The van der Waals surface area contributed by atoms with Gasteiger partial charge in [-0.15, -0.1) is 0 Å². The lowest BCUT2D eigenvalue weighted by Crippen LogP contribution is -2.35. The molecule has 2 amide bonds. The van der Waals surface area contributed by atoms with Gasteiger partial charge in [0.25, 0.3) is 0 Å². The second-order valence-corrected chi connectivity index (χ2v) is 5.34. The molecule has 1 fully saturated rings. The Labute approximate surface area is 112 Å². The zero-order valence-corrected chi connectivity index (χ0v) is 11.2. The van der Waals surface area contributed by atoms with Crippen LogP contribution in [0.2, 0.25) is 0 Å². The van der Waals surface area contributed by atoms with Crippen LogP contribution in [-0.2, 0) is 4.79 Å². The van der Waals surface area contributed by atoms with Crippen LogP contribution in [0.5, 0.6) is 0 Å². The second kappa shape index (κ2) is 5.01. The molecule has 1 atom stereocenters. The van der Waals surface area contributed by atoms with Gasteiger partial charge < -0.3 is 16.4 Å². The van der Waals surface area contributed by atoms with E-state index in [4.69, 9.17) is 5.73 Å². The Hall–Kier alpha value is -1.88. The number of primary amides is 1. The van der Waals surface area contributed by atoms with Crippen LogP contribution in [0.4, 0.5) is 5.69 Å². The summed E-state index contributed by atoms with van der Waals surface area (Å²) in [6.07, 6.45) is 0.831. The third-order valence-corrected chi connectivity index (χ3v) is 3.68. The molecule has 1 heterocycles. The van der Waals surface area contributed by atoms with Crippen molar-refractivity contribution in [2.45, 2.75) is 20.3 Å². The first-order valence-corrected chi connectivity index (χ1v) is 6.35. The fraction of sp³-hybridized carbons (Fsp3) is 0.429. The van der Waals surface area contributed by atoms with E-state index in [1.165, 1.54) is 0 Å². The summed E-state index contributed by atoms with van der Waals surface area (Å²) < 4.78 is 0. The molecule has 2 rings (SSSR count). The number of nitrogens with one attached hydrogen (secondary N) is 2. The molecule has 1 aliphatic rings. The Morgan fingerprint density at radius 1 is 1.42 bits per heavy atom. The predicted octanol–water partition coefficient (Wildman–Crippen LogP) is 1.03. The highest BCUT2D eigenvalue weighted by Gasteiger charge is 2.36. The van der Waals surface area contributed by atoms with Crippen LogP contribution in [-0.4, -0.2) is 24.9 Å². The first kappa shape index (κ1) is 13.5. The molecule has 0 aliphatic carbocycles. The normalized spacial score (nSPS) is 22.2. The number of benzene rings is 1. The van der Waals surface area contributed by atoms with Gasteiger partial charge in [0.2, 0.25) is 11.8 Å². The number of anilines is 1. The van der Waals surface area contributed by atoms with Crippen molar-refractivity contribution >= 4 is 17.5 Å². The van der Waals surface area contributed by atoms with Crippen LogP contribution >= 0.6 is 0 Å². The molecular formula is C14H19N3O2. The van der Waals surface area contributed by atoms with Gasteiger partial charge in [-0.1, -0.05) is 0 Å². The third kappa shape index (κ3) is 2.76. The standard InChI is InChI=1S/C14H19N3O2/c1-9-7-10(12(15)18)3-4-11(9)17-13(19)14(2)5-6-16-8-14/h3-4,7,16H,5-6,8H2,1-2H3,(H2,15,18)(H,17,19). The van der Waals surface area contributed by atoms with Crippen LogP contribution < -0.4 is 16.4 Å². The van der Waals surface area contributed by atoms with Gasteiger partial charge in [-0.05, 0) is 50.6 Å². The first-order chi connectivity index (χ1) is 8.92. The van der Waals surface area contributed by atoms with Crippen LogP contribution in [0, 0.1) is 12.3 Å². The largest absolute Gasteiger partial charge is 0.366 e. The number of hydrogen-bond donors (Lipinski definition) is 3. The van der Waals surface area contributed by atoms with Crippen molar-refractivity contribution in [2.75, 3.05) is 18.4 Å². The molecule has 1 unspecified atom stereocenters. The fourth-order valence-corrected chi connectivity index (χ4v) is 2.24. The molecule has 0 radical (unpaired) electrons. The summed E-state index contributed by atoms with van der Waals surface area (Å²) in [6, 6.07) is 5.03. The highest BCUT2D eigenvalue weighted by Crippen LogP contribution is 2.27. The highest BCUT2D eigenvalue weighted by molar-refractivity contribution is 5.97. The summed E-state index contributed by atoms with van der Waals surface area (Å²) >= 11 is 0. The van der Waals surface area contributed by atoms with Crippen LogP contribution in [0.15, 0.2) is 18.2 Å². The lowest BCUT2D eigenvalue weighted by Gasteiger charge is -2.22. The zero-order chi connectivity index (χ0) is 14.0. The maximum atomic E-state index is 12.3. The topological polar surface area (TPSA) is 84.2 Å².